The van der Waals surface area contributed by atoms with Crippen LogP contribution in [0, 0.1) is 0 Å². The van der Waals surface area contributed by atoms with Crippen molar-refractivity contribution in [2.24, 2.45) is 0 Å². The van der Waals surface area contributed by atoms with E-state index in [0.29, 0.717) is 16.9 Å². The first-order valence-corrected chi connectivity index (χ1v) is 6.08. The maximum atomic E-state index is 12.2. The summed E-state index contributed by atoms with van der Waals surface area (Å²) < 4.78 is 10.4. The topological polar surface area (TPSA) is 52.6 Å². The third kappa shape index (κ3) is 2.85. The van der Waals surface area contributed by atoms with Gasteiger partial charge < -0.3 is 9.47 Å². The zero-order chi connectivity index (χ0) is 14.5. The van der Waals surface area contributed by atoms with Crippen LogP contribution in [0.1, 0.15) is 27.6 Å². The van der Waals surface area contributed by atoms with Crippen LogP contribution >= 0.6 is 0 Å². The molecule has 0 bridgehead atoms. The minimum absolute atomic E-state index is 0.159. The Hall–Kier alpha value is -2.62. The molecule has 2 aromatic carbocycles. The molecule has 0 heterocycles. The molecule has 2 rings (SSSR count). The number of esters is 1. The number of benzene rings is 2. The average molecular weight is 270 g/mol. The van der Waals surface area contributed by atoms with Gasteiger partial charge in [-0.15, -0.1) is 0 Å². The lowest BCUT2D eigenvalue weighted by atomic mass is 10.1. The number of para-hydroxylation sites is 2. The molecule has 0 fully saturated rings. The Morgan fingerprint density at radius 3 is 2.00 bits per heavy atom. The smallest absolute Gasteiger partial charge is 0.347 e. The molecule has 0 spiro atoms. The van der Waals surface area contributed by atoms with Gasteiger partial charge in [-0.3, -0.25) is 4.79 Å². The summed E-state index contributed by atoms with van der Waals surface area (Å²) in [6, 6.07) is 13.4. The van der Waals surface area contributed by atoms with Crippen LogP contribution in [0.3, 0.4) is 0 Å². The molecule has 0 aromatic heterocycles. The highest BCUT2D eigenvalue weighted by Gasteiger charge is 2.16. The molecule has 4 nitrogen and oxygen atoms in total. The second-order valence-electron chi connectivity index (χ2n) is 4.14. The number of methoxy groups -OCH3 is 1. The SMILES string of the molecule is COc1ccccc1C(=O)Oc1ccccc1C(C)=O. The van der Waals surface area contributed by atoms with Crippen LogP contribution in [0.15, 0.2) is 48.5 Å². The zero-order valence-corrected chi connectivity index (χ0v) is 11.3. The first-order valence-electron chi connectivity index (χ1n) is 6.08. The Morgan fingerprint density at radius 2 is 1.40 bits per heavy atom. The fourth-order valence-corrected chi connectivity index (χ4v) is 1.81. The van der Waals surface area contributed by atoms with Crippen LogP contribution in [0.25, 0.3) is 0 Å². The predicted octanol–water partition coefficient (Wildman–Crippen LogP) is 3.12. The van der Waals surface area contributed by atoms with E-state index in [1.807, 2.05) is 0 Å². The molecule has 0 atom stereocenters. The molecule has 20 heavy (non-hydrogen) atoms. The molecule has 0 N–H and O–H groups in total. The van der Waals surface area contributed by atoms with E-state index in [-0.39, 0.29) is 11.5 Å². The van der Waals surface area contributed by atoms with E-state index >= 15 is 0 Å². The fraction of sp³-hybridized carbons (Fsp3) is 0.125. The molecule has 0 saturated carbocycles. The van der Waals surface area contributed by atoms with Crippen LogP contribution in [0.4, 0.5) is 0 Å². The average Bonchev–Trinajstić information content (AvgIpc) is 2.47. The largest absolute Gasteiger partial charge is 0.496 e. The first kappa shape index (κ1) is 13.8. The Labute approximate surface area is 116 Å². The van der Waals surface area contributed by atoms with Gasteiger partial charge in [0.2, 0.25) is 0 Å². The summed E-state index contributed by atoms with van der Waals surface area (Å²) in [5, 5.41) is 0. The van der Waals surface area contributed by atoms with Crippen LogP contribution in [0.5, 0.6) is 11.5 Å². The number of ketones is 1. The lowest BCUT2D eigenvalue weighted by Crippen LogP contribution is -2.12. The Kier molecular flexibility index (Phi) is 4.15. The van der Waals surface area contributed by atoms with Crippen molar-refractivity contribution in [1.29, 1.82) is 0 Å². The lowest BCUT2D eigenvalue weighted by molar-refractivity contribution is 0.0729. The third-order valence-electron chi connectivity index (χ3n) is 2.80. The van der Waals surface area contributed by atoms with Crippen LogP contribution < -0.4 is 9.47 Å². The van der Waals surface area contributed by atoms with Crippen molar-refractivity contribution < 1.29 is 19.1 Å². The van der Waals surface area contributed by atoms with Gasteiger partial charge in [-0.2, -0.15) is 0 Å². The Bertz CT molecular complexity index is 646. The van der Waals surface area contributed by atoms with Crippen LogP contribution in [0.2, 0.25) is 0 Å². The molecule has 0 saturated heterocycles. The normalized spacial score (nSPS) is 9.90. The van der Waals surface area contributed by atoms with E-state index < -0.39 is 5.97 Å². The number of ether oxygens (including phenoxy) is 2. The van der Waals surface area contributed by atoms with Crippen molar-refractivity contribution in [3.05, 3.63) is 59.7 Å². The minimum atomic E-state index is -0.559. The van der Waals surface area contributed by atoms with Gasteiger partial charge in [-0.25, -0.2) is 4.79 Å². The van der Waals surface area contributed by atoms with E-state index in [0.717, 1.165) is 0 Å². The molecule has 0 aliphatic carbocycles. The molecule has 0 amide bonds. The van der Waals surface area contributed by atoms with Crippen molar-refractivity contribution in [2.75, 3.05) is 7.11 Å². The van der Waals surface area contributed by atoms with Crippen LogP contribution in [-0.4, -0.2) is 18.9 Å². The van der Waals surface area contributed by atoms with Gasteiger partial charge in [0, 0.05) is 0 Å². The van der Waals surface area contributed by atoms with Gasteiger partial charge in [-0.1, -0.05) is 24.3 Å². The van der Waals surface area contributed by atoms with Gasteiger partial charge >= 0.3 is 5.97 Å². The predicted molar refractivity (Wildman–Crippen MR) is 74.4 cm³/mol. The number of carbonyl (C=O) groups excluding carboxylic acids is 2. The van der Waals surface area contributed by atoms with Gasteiger partial charge in [0.05, 0.1) is 12.7 Å². The first-order chi connectivity index (χ1) is 9.63. The van der Waals surface area contributed by atoms with E-state index in [1.54, 1.807) is 48.5 Å². The van der Waals surface area contributed by atoms with Gasteiger partial charge in [0.1, 0.15) is 17.1 Å². The van der Waals surface area contributed by atoms with Crippen molar-refractivity contribution in [3.63, 3.8) is 0 Å². The Morgan fingerprint density at radius 1 is 0.850 bits per heavy atom. The quantitative estimate of drug-likeness (QED) is 0.486. The highest BCUT2D eigenvalue weighted by Crippen LogP contribution is 2.23. The molecule has 0 radical (unpaired) electrons. The summed E-state index contributed by atoms with van der Waals surface area (Å²) in [4.78, 5) is 23.6. The standard InChI is InChI=1S/C16H14O4/c1-11(17)12-7-3-6-10-15(12)20-16(18)13-8-4-5-9-14(13)19-2/h3-10H,1-2H3. The monoisotopic (exact) mass is 270 g/mol. The molecule has 2 aromatic rings. The summed E-state index contributed by atoms with van der Waals surface area (Å²) in [6.45, 7) is 1.43. The Balaban J connectivity index is 2.31. The van der Waals surface area contributed by atoms with E-state index in [2.05, 4.69) is 0 Å². The van der Waals surface area contributed by atoms with Crippen molar-refractivity contribution in [3.8, 4) is 11.5 Å². The maximum Gasteiger partial charge on any atom is 0.347 e. The van der Waals surface area contributed by atoms with Gasteiger partial charge in [0.25, 0.3) is 0 Å². The van der Waals surface area contributed by atoms with Crippen molar-refractivity contribution in [1.82, 2.24) is 0 Å². The summed E-state index contributed by atoms with van der Waals surface area (Å²) >= 11 is 0. The van der Waals surface area contributed by atoms with Crippen molar-refractivity contribution >= 4 is 11.8 Å². The number of Topliss-reactive ketones (excluding diaryl/α,β-unsaturated/α-hetero) is 1. The molecule has 0 aliphatic rings. The molecule has 0 aliphatic heterocycles. The second-order valence-corrected chi connectivity index (χ2v) is 4.14. The number of rotatable bonds is 4. The summed E-state index contributed by atoms with van der Waals surface area (Å²) in [5.74, 6) is -0.0433. The van der Waals surface area contributed by atoms with E-state index in [9.17, 15) is 9.59 Å². The molecular formula is C16H14O4. The van der Waals surface area contributed by atoms with Crippen LogP contribution in [-0.2, 0) is 0 Å². The summed E-state index contributed by atoms with van der Waals surface area (Å²) in [7, 11) is 1.48. The molecular weight excluding hydrogens is 256 g/mol. The maximum absolute atomic E-state index is 12.2. The van der Waals surface area contributed by atoms with Crippen molar-refractivity contribution in [2.45, 2.75) is 6.92 Å². The van der Waals surface area contributed by atoms with Gasteiger partial charge in [-0.05, 0) is 31.2 Å². The highest BCUT2D eigenvalue weighted by atomic mass is 16.5. The third-order valence-corrected chi connectivity index (χ3v) is 2.80. The fourth-order valence-electron chi connectivity index (χ4n) is 1.81. The molecule has 0 unspecified atom stereocenters. The van der Waals surface area contributed by atoms with E-state index in [1.165, 1.54) is 14.0 Å². The molecule has 102 valence electrons. The second kappa shape index (κ2) is 6.02. The molecule has 4 heteroatoms. The number of hydrogen-bond acceptors (Lipinski definition) is 4. The minimum Gasteiger partial charge on any atom is -0.496 e. The summed E-state index contributed by atoms with van der Waals surface area (Å²) in [6.07, 6.45) is 0. The van der Waals surface area contributed by atoms with Gasteiger partial charge in [0.15, 0.2) is 5.78 Å². The summed E-state index contributed by atoms with van der Waals surface area (Å²) in [5.41, 5.74) is 0.684. The number of hydrogen-bond donors (Lipinski definition) is 0. The number of carbonyl (C=O) groups is 2. The van der Waals surface area contributed by atoms with E-state index in [4.69, 9.17) is 9.47 Å². The lowest BCUT2D eigenvalue weighted by Gasteiger charge is -2.10. The highest BCUT2D eigenvalue weighted by molar-refractivity contribution is 5.99. The zero-order valence-electron chi connectivity index (χ0n) is 11.3.